The van der Waals surface area contributed by atoms with Crippen molar-refractivity contribution >= 4 is 23.3 Å². The van der Waals surface area contributed by atoms with Crippen LogP contribution in [-0.2, 0) is 0 Å². The summed E-state index contributed by atoms with van der Waals surface area (Å²) < 4.78 is 0. The minimum absolute atomic E-state index is 0.202. The van der Waals surface area contributed by atoms with Crippen LogP contribution < -0.4 is 10.6 Å². The molecule has 0 aliphatic heterocycles. The highest BCUT2D eigenvalue weighted by molar-refractivity contribution is 6.34. The number of nitrogens with one attached hydrogen (secondary N) is 2. The van der Waals surface area contributed by atoms with Crippen LogP contribution in [0.5, 0.6) is 0 Å². The van der Waals surface area contributed by atoms with Gasteiger partial charge in [-0.25, -0.2) is 4.79 Å². The monoisotopic (exact) mass is 254 g/mol. The molecule has 3 nitrogen and oxygen atoms in total. The highest BCUT2D eigenvalue weighted by atomic mass is 35.5. The summed E-state index contributed by atoms with van der Waals surface area (Å²) in [5, 5.41) is 6.15. The van der Waals surface area contributed by atoms with Crippen molar-refractivity contribution in [2.24, 2.45) is 0 Å². The number of anilines is 1. The molecule has 2 N–H and O–H groups in total. The zero-order chi connectivity index (χ0) is 12.8. The van der Waals surface area contributed by atoms with Crippen LogP contribution in [0.2, 0.25) is 5.02 Å². The summed E-state index contributed by atoms with van der Waals surface area (Å²) in [6.07, 6.45) is 2.04. The normalized spacial score (nSPS) is 10.1. The zero-order valence-corrected chi connectivity index (χ0v) is 11.3. The van der Waals surface area contributed by atoms with Gasteiger partial charge in [0.05, 0.1) is 10.7 Å². The molecule has 0 atom stereocenters. The van der Waals surface area contributed by atoms with Crippen LogP contribution in [0.1, 0.15) is 30.9 Å². The van der Waals surface area contributed by atoms with Crippen molar-refractivity contribution < 1.29 is 4.79 Å². The van der Waals surface area contributed by atoms with Gasteiger partial charge in [0, 0.05) is 6.54 Å². The van der Waals surface area contributed by atoms with Gasteiger partial charge in [0.2, 0.25) is 0 Å². The van der Waals surface area contributed by atoms with Gasteiger partial charge in [-0.1, -0.05) is 31.0 Å². The molecule has 1 aromatic carbocycles. The topological polar surface area (TPSA) is 41.1 Å². The van der Waals surface area contributed by atoms with Crippen molar-refractivity contribution in [3.8, 4) is 0 Å². The first-order valence-electron chi connectivity index (χ1n) is 5.86. The number of rotatable bonds is 4. The Morgan fingerprint density at radius 2 is 2.06 bits per heavy atom. The number of hydrogen-bond acceptors (Lipinski definition) is 1. The maximum absolute atomic E-state index is 11.6. The molecule has 0 saturated carbocycles. The molecule has 2 amide bonds. The molecular weight excluding hydrogens is 236 g/mol. The number of amides is 2. The van der Waals surface area contributed by atoms with Gasteiger partial charge in [0.15, 0.2) is 0 Å². The summed E-state index contributed by atoms with van der Waals surface area (Å²) in [6.45, 7) is 6.68. The Bertz CT molecular complexity index is 381. The van der Waals surface area contributed by atoms with Gasteiger partial charge in [-0.15, -0.1) is 0 Å². The van der Waals surface area contributed by atoms with Crippen molar-refractivity contribution in [3.05, 3.63) is 28.3 Å². The van der Waals surface area contributed by atoms with Gasteiger partial charge < -0.3 is 10.6 Å². The van der Waals surface area contributed by atoms with E-state index in [0.717, 1.165) is 24.0 Å². The lowest BCUT2D eigenvalue weighted by Gasteiger charge is -2.12. The van der Waals surface area contributed by atoms with Crippen LogP contribution in [0.4, 0.5) is 10.5 Å². The molecule has 0 aromatic heterocycles. The Kier molecular flexibility index (Phi) is 5.29. The predicted molar refractivity (Wildman–Crippen MR) is 72.9 cm³/mol. The fraction of sp³-hybridized carbons (Fsp3) is 0.462. The second kappa shape index (κ2) is 6.50. The van der Waals surface area contributed by atoms with Gasteiger partial charge in [-0.3, -0.25) is 0 Å². The number of aryl methyl sites for hydroxylation is 2. The number of urea groups is 1. The molecular formula is C13H19ClN2O. The molecule has 1 rings (SSSR count). The maximum atomic E-state index is 11.6. The van der Waals surface area contributed by atoms with Gasteiger partial charge in [0.1, 0.15) is 0 Å². The van der Waals surface area contributed by atoms with E-state index in [4.69, 9.17) is 11.6 Å². The van der Waals surface area contributed by atoms with E-state index < -0.39 is 0 Å². The van der Waals surface area contributed by atoms with Crippen molar-refractivity contribution in [1.82, 2.24) is 5.32 Å². The Morgan fingerprint density at radius 3 is 2.65 bits per heavy atom. The standard InChI is InChI=1S/C13H19ClN2O/c1-4-5-6-15-13(17)16-12-10(3)7-9(2)8-11(12)14/h7-8H,4-6H2,1-3H3,(H2,15,16,17). The summed E-state index contributed by atoms with van der Waals surface area (Å²) in [7, 11) is 0. The first-order chi connectivity index (χ1) is 8.04. The van der Waals surface area contributed by atoms with Crippen LogP contribution in [0, 0.1) is 13.8 Å². The summed E-state index contributed by atoms with van der Waals surface area (Å²) in [4.78, 5) is 11.6. The van der Waals surface area contributed by atoms with Crippen molar-refractivity contribution in [2.45, 2.75) is 33.6 Å². The Balaban J connectivity index is 2.65. The number of benzene rings is 1. The minimum atomic E-state index is -0.202. The van der Waals surface area contributed by atoms with E-state index in [-0.39, 0.29) is 6.03 Å². The van der Waals surface area contributed by atoms with Crippen LogP contribution in [0.15, 0.2) is 12.1 Å². The Morgan fingerprint density at radius 1 is 1.35 bits per heavy atom. The van der Waals surface area contributed by atoms with E-state index >= 15 is 0 Å². The van der Waals surface area contributed by atoms with Gasteiger partial charge in [-0.2, -0.15) is 0 Å². The molecule has 4 heteroatoms. The number of carbonyl (C=O) groups excluding carboxylic acids is 1. The molecule has 0 fully saturated rings. The molecule has 0 aliphatic carbocycles. The van der Waals surface area contributed by atoms with Crippen molar-refractivity contribution in [2.75, 3.05) is 11.9 Å². The van der Waals surface area contributed by atoms with Crippen LogP contribution in [-0.4, -0.2) is 12.6 Å². The maximum Gasteiger partial charge on any atom is 0.319 e. The lowest BCUT2D eigenvalue weighted by Crippen LogP contribution is -2.29. The number of carbonyl (C=O) groups is 1. The highest BCUT2D eigenvalue weighted by Crippen LogP contribution is 2.27. The van der Waals surface area contributed by atoms with Gasteiger partial charge >= 0.3 is 6.03 Å². The summed E-state index contributed by atoms with van der Waals surface area (Å²) in [5.41, 5.74) is 2.75. The summed E-state index contributed by atoms with van der Waals surface area (Å²) >= 11 is 6.10. The predicted octanol–water partition coefficient (Wildman–Crippen LogP) is 3.88. The van der Waals surface area contributed by atoms with E-state index in [9.17, 15) is 4.79 Å². The largest absolute Gasteiger partial charge is 0.338 e. The molecule has 0 bridgehead atoms. The molecule has 94 valence electrons. The third-order valence-corrected chi connectivity index (χ3v) is 2.78. The number of unbranched alkanes of at least 4 members (excludes halogenated alkanes) is 1. The van der Waals surface area contributed by atoms with E-state index in [1.54, 1.807) is 0 Å². The molecule has 0 aliphatic rings. The molecule has 0 radical (unpaired) electrons. The second-order valence-electron chi connectivity index (χ2n) is 4.17. The molecule has 1 aromatic rings. The van der Waals surface area contributed by atoms with Gasteiger partial charge in [-0.05, 0) is 37.5 Å². The van der Waals surface area contributed by atoms with Crippen LogP contribution in [0.25, 0.3) is 0 Å². The first-order valence-corrected chi connectivity index (χ1v) is 6.24. The van der Waals surface area contributed by atoms with E-state index in [2.05, 4.69) is 17.6 Å². The van der Waals surface area contributed by atoms with E-state index in [0.29, 0.717) is 17.3 Å². The SMILES string of the molecule is CCCCNC(=O)Nc1c(C)cc(C)cc1Cl. The fourth-order valence-corrected chi connectivity index (χ4v) is 1.98. The Labute approximate surface area is 108 Å². The lowest BCUT2D eigenvalue weighted by molar-refractivity contribution is 0.252. The van der Waals surface area contributed by atoms with Crippen molar-refractivity contribution in [3.63, 3.8) is 0 Å². The smallest absolute Gasteiger partial charge is 0.319 e. The Hall–Kier alpha value is -1.22. The van der Waals surface area contributed by atoms with Crippen LogP contribution >= 0.6 is 11.6 Å². The van der Waals surface area contributed by atoms with E-state index in [1.165, 1.54) is 0 Å². The number of halogens is 1. The molecule has 17 heavy (non-hydrogen) atoms. The minimum Gasteiger partial charge on any atom is -0.338 e. The summed E-state index contributed by atoms with van der Waals surface area (Å²) in [6, 6.07) is 3.64. The third-order valence-electron chi connectivity index (χ3n) is 2.49. The first kappa shape index (κ1) is 13.8. The molecule has 0 unspecified atom stereocenters. The van der Waals surface area contributed by atoms with E-state index in [1.807, 2.05) is 26.0 Å². The second-order valence-corrected chi connectivity index (χ2v) is 4.58. The third kappa shape index (κ3) is 4.27. The molecule has 0 saturated heterocycles. The highest BCUT2D eigenvalue weighted by Gasteiger charge is 2.08. The average molecular weight is 255 g/mol. The molecule has 0 heterocycles. The molecule has 0 spiro atoms. The fourth-order valence-electron chi connectivity index (χ4n) is 1.61. The zero-order valence-electron chi connectivity index (χ0n) is 10.6. The summed E-state index contributed by atoms with van der Waals surface area (Å²) in [5.74, 6) is 0. The lowest BCUT2D eigenvalue weighted by atomic mass is 10.1. The van der Waals surface area contributed by atoms with Crippen molar-refractivity contribution in [1.29, 1.82) is 0 Å². The number of hydrogen-bond donors (Lipinski definition) is 2. The average Bonchev–Trinajstić information content (AvgIpc) is 2.24. The van der Waals surface area contributed by atoms with Gasteiger partial charge in [0.25, 0.3) is 0 Å². The van der Waals surface area contributed by atoms with Crippen LogP contribution in [0.3, 0.4) is 0 Å². The quantitative estimate of drug-likeness (QED) is 0.787.